The van der Waals surface area contributed by atoms with Gasteiger partial charge in [0.05, 0.1) is 11.5 Å². The van der Waals surface area contributed by atoms with Gasteiger partial charge < -0.3 is 4.74 Å². The maximum absolute atomic E-state index is 12.4. The summed E-state index contributed by atoms with van der Waals surface area (Å²) in [6.45, 7) is 4.44. The van der Waals surface area contributed by atoms with E-state index in [1.807, 2.05) is 44.2 Å². The van der Waals surface area contributed by atoms with Crippen molar-refractivity contribution >= 4 is 45.4 Å². The van der Waals surface area contributed by atoms with E-state index in [2.05, 4.69) is 15.2 Å². The highest BCUT2D eigenvalue weighted by Crippen LogP contribution is 2.33. The van der Waals surface area contributed by atoms with Crippen molar-refractivity contribution < 1.29 is 9.53 Å². The maximum Gasteiger partial charge on any atom is 0.266 e. The molecule has 1 saturated heterocycles. The first-order valence-electron chi connectivity index (χ1n) is 7.36. The SMILES string of the molecule is CCOc1ccc(/C=C2\S/C(=N/c3nnc(C)s3)N(C)C2=O)cc1. The molecule has 0 atom stereocenters. The number of amidine groups is 1. The highest BCUT2D eigenvalue weighted by Gasteiger charge is 2.30. The summed E-state index contributed by atoms with van der Waals surface area (Å²) < 4.78 is 5.42. The predicted molar refractivity (Wildman–Crippen MR) is 97.7 cm³/mol. The van der Waals surface area contributed by atoms with Crippen LogP contribution in [0.2, 0.25) is 0 Å². The Morgan fingerprint density at radius 3 is 2.67 bits per heavy atom. The second kappa shape index (κ2) is 7.14. The molecular weight excluding hydrogens is 344 g/mol. The zero-order valence-corrected chi connectivity index (χ0v) is 15.1. The molecule has 1 aromatic heterocycles. The summed E-state index contributed by atoms with van der Waals surface area (Å²) in [4.78, 5) is 18.9. The summed E-state index contributed by atoms with van der Waals surface area (Å²) in [5.74, 6) is 0.741. The Labute approximate surface area is 148 Å². The Morgan fingerprint density at radius 1 is 1.29 bits per heavy atom. The first-order chi connectivity index (χ1) is 11.6. The highest BCUT2D eigenvalue weighted by molar-refractivity contribution is 8.18. The largest absolute Gasteiger partial charge is 0.494 e. The number of nitrogens with zero attached hydrogens (tertiary/aromatic N) is 4. The Morgan fingerprint density at radius 2 is 2.04 bits per heavy atom. The maximum atomic E-state index is 12.4. The molecule has 124 valence electrons. The van der Waals surface area contributed by atoms with Crippen molar-refractivity contribution in [1.82, 2.24) is 15.1 Å². The minimum absolute atomic E-state index is 0.0751. The number of likely N-dealkylation sites (N-methyl/N-ethyl adjacent to an activating group) is 1. The summed E-state index contributed by atoms with van der Waals surface area (Å²) in [6, 6.07) is 7.63. The number of carbonyl (C=O) groups excluding carboxylic acids is 1. The van der Waals surface area contributed by atoms with Crippen LogP contribution in [0, 0.1) is 6.92 Å². The highest BCUT2D eigenvalue weighted by atomic mass is 32.2. The number of hydrogen-bond acceptors (Lipinski definition) is 7. The molecule has 1 fully saturated rings. The zero-order valence-electron chi connectivity index (χ0n) is 13.5. The molecule has 0 bridgehead atoms. The van der Waals surface area contributed by atoms with Gasteiger partial charge in [-0.1, -0.05) is 23.5 Å². The van der Waals surface area contributed by atoms with Crippen LogP contribution in [-0.2, 0) is 4.79 Å². The van der Waals surface area contributed by atoms with Crippen LogP contribution in [0.3, 0.4) is 0 Å². The van der Waals surface area contributed by atoms with Gasteiger partial charge in [0, 0.05) is 7.05 Å². The van der Waals surface area contributed by atoms with E-state index in [9.17, 15) is 4.79 Å². The number of benzene rings is 1. The summed E-state index contributed by atoms with van der Waals surface area (Å²) in [7, 11) is 1.71. The number of hydrogen-bond donors (Lipinski definition) is 0. The van der Waals surface area contributed by atoms with Gasteiger partial charge >= 0.3 is 0 Å². The minimum Gasteiger partial charge on any atom is -0.494 e. The molecule has 0 aliphatic carbocycles. The number of aryl methyl sites for hydroxylation is 1. The van der Waals surface area contributed by atoms with Crippen LogP contribution in [0.5, 0.6) is 5.75 Å². The molecule has 0 unspecified atom stereocenters. The molecular formula is C16H16N4O2S2. The Kier molecular flexibility index (Phi) is 4.96. The lowest BCUT2D eigenvalue weighted by atomic mass is 10.2. The van der Waals surface area contributed by atoms with Crippen molar-refractivity contribution in [1.29, 1.82) is 0 Å². The molecule has 6 nitrogen and oxygen atoms in total. The molecule has 8 heteroatoms. The van der Waals surface area contributed by atoms with Gasteiger partial charge in [-0.25, -0.2) is 0 Å². The van der Waals surface area contributed by atoms with Crippen LogP contribution < -0.4 is 4.74 Å². The van der Waals surface area contributed by atoms with Gasteiger partial charge in [-0.15, -0.1) is 10.2 Å². The lowest BCUT2D eigenvalue weighted by Gasteiger charge is -2.05. The smallest absolute Gasteiger partial charge is 0.266 e. The van der Waals surface area contributed by atoms with Gasteiger partial charge in [0.15, 0.2) is 5.17 Å². The third-order valence-corrected chi connectivity index (χ3v) is 4.99. The molecule has 2 aromatic rings. The van der Waals surface area contributed by atoms with Crippen molar-refractivity contribution in [2.45, 2.75) is 13.8 Å². The van der Waals surface area contributed by atoms with Crippen LogP contribution in [0.25, 0.3) is 6.08 Å². The van der Waals surface area contributed by atoms with Gasteiger partial charge in [-0.05, 0) is 49.4 Å². The Bertz CT molecular complexity index is 812. The fourth-order valence-corrected chi connectivity index (χ4v) is 3.63. The molecule has 24 heavy (non-hydrogen) atoms. The number of aromatic nitrogens is 2. The number of thioether (sulfide) groups is 1. The zero-order chi connectivity index (χ0) is 17.1. The fraction of sp³-hybridized carbons (Fsp3) is 0.250. The molecule has 1 aliphatic rings. The standard InChI is InChI=1S/C16H16N4O2S2/c1-4-22-12-7-5-11(6-8-12)9-13-14(21)20(3)16(24-13)17-15-19-18-10(2)23-15/h5-9H,4H2,1-3H3/b13-9-,17-16+. The number of carbonyl (C=O) groups is 1. The normalized spacial score (nSPS) is 18.0. The van der Waals surface area contributed by atoms with E-state index in [1.165, 1.54) is 28.0 Å². The lowest BCUT2D eigenvalue weighted by molar-refractivity contribution is -0.121. The third kappa shape index (κ3) is 3.65. The molecule has 0 spiro atoms. The van der Waals surface area contributed by atoms with E-state index in [1.54, 1.807) is 7.05 Å². The average molecular weight is 360 g/mol. The minimum atomic E-state index is -0.0751. The molecule has 0 saturated carbocycles. The fourth-order valence-electron chi connectivity index (χ4n) is 2.04. The molecule has 3 rings (SSSR count). The summed E-state index contributed by atoms with van der Waals surface area (Å²) in [6.07, 6.45) is 1.85. The van der Waals surface area contributed by atoms with Crippen molar-refractivity contribution in [3.63, 3.8) is 0 Å². The second-order valence-corrected chi connectivity index (χ2v) is 7.14. The first kappa shape index (κ1) is 16.7. The van der Waals surface area contributed by atoms with Crippen LogP contribution >= 0.6 is 23.1 Å². The quantitative estimate of drug-likeness (QED) is 0.781. The van der Waals surface area contributed by atoms with Gasteiger partial charge in [0.25, 0.3) is 5.91 Å². The van der Waals surface area contributed by atoms with Gasteiger partial charge in [-0.3, -0.25) is 9.69 Å². The molecule has 1 aliphatic heterocycles. The summed E-state index contributed by atoms with van der Waals surface area (Å²) >= 11 is 2.73. The molecule has 1 amide bonds. The van der Waals surface area contributed by atoms with Crippen LogP contribution in [0.15, 0.2) is 34.2 Å². The van der Waals surface area contributed by atoms with Crippen molar-refractivity contribution in [3.8, 4) is 5.75 Å². The average Bonchev–Trinajstić information content (AvgIpc) is 3.09. The predicted octanol–water partition coefficient (Wildman–Crippen LogP) is 3.48. The number of ether oxygens (including phenoxy) is 1. The third-order valence-electron chi connectivity index (χ3n) is 3.20. The molecule has 2 heterocycles. The Balaban J connectivity index is 1.81. The van der Waals surface area contributed by atoms with Gasteiger partial charge in [0.2, 0.25) is 5.13 Å². The van der Waals surface area contributed by atoms with Crippen molar-refractivity contribution in [2.75, 3.05) is 13.7 Å². The Hall–Kier alpha value is -2.19. The van der Waals surface area contributed by atoms with Crippen molar-refractivity contribution in [3.05, 3.63) is 39.7 Å². The van der Waals surface area contributed by atoms with Crippen molar-refractivity contribution in [2.24, 2.45) is 4.99 Å². The van der Waals surface area contributed by atoms with E-state index in [4.69, 9.17) is 4.74 Å². The van der Waals surface area contributed by atoms with Gasteiger partial charge in [0.1, 0.15) is 10.8 Å². The van der Waals surface area contributed by atoms with Crippen LogP contribution in [0.4, 0.5) is 5.13 Å². The van der Waals surface area contributed by atoms with E-state index in [-0.39, 0.29) is 5.91 Å². The van der Waals surface area contributed by atoms with Crippen LogP contribution in [-0.4, -0.2) is 39.8 Å². The molecule has 1 aromatic carbocycles. The number of amides is 1. The number of rotatable bonds is 4. The molecule has 0 radical (unpaired) electrons. The van der Waals surface area contributed by atoms with E-state index < -0.39 is 0 Å². The van der Waals surface area contributed by atoms with E-state index in [0.29, 0.717) is 21.8 Å². The lowest BCUT2D eigenvalue weighted by Crippen LogP contribution is -2.23. The monoisotopic (exact) mass is 360 g/mol. The van der Waals surface area contributed by atoms with E-state index in [0.717, 1.165) is 16.3 Å². The summed E-state index contributed by atoms with van der Waals surface area (Å²) in [5.41, 5.74) is 0.940. The summed E-state index contributed by atoms with van der Waals surface area (Å²) in [5, 5.41) is 9.91. The number of aliphatic imine (C=N–C) groups is 1. The second-order valence-electron chi connectivity index (χ2n) is 4.97. The topological polar surface area (TPSA) is 67.7 Å². The van der Waals surface area contributed by atoms with E-state index >= 15 is 0 Å². The molecule has 0 N–H and O–H groups in total. The van der Waals surface area contributed by atoms with Gasteiger partial charge in [-0.2, -0.15) is 4.99 Å². The first-order valence-corrected chi connectivity index (χ1v) is 8.99. The van der Waals surface area contributed by atoms with Crippen LogP contribution in [0.1, 0.15) is 17.5 Å².